The molecule has 0 amide bonds. The predicted octanol–water partition coefficient (Wildman–Crippen LogP) is 4.34. The molecule has 0 saturated heterocycles. The zero-order valence-electron chi connectivity index (χ0n) is 12.8. The van der Waals surface area contributed by atoms with Crippen LogP contribution in [0.5, 0.6) is 0 Å². The van der Waals surface area contributed by atoms with Crippen molar-refractivity contribution in [1.82, 2.24) is 4.67 Å². The topological polar surface area (TPSA) is 14.1 Å². The Bertz CT molecular complexity index is 839. The van der Waals surface area contributed by atoms with Crippen molar-refractivity contribution in [3.05, 3.63) is 107 Å². The lowest BCUT2D eigenvalue weighted by Crippen LogP contribution is -1.91. The van der Waals surface area contributed by atoms with Crippen LogP contribution in [0.2, 0.25) is 0 Å². The second-order valence-corrected chi connectivity index (χ2v) is 5.11. The standard InChI is InChI=1S/C22H17N/c1-3-9-19(10-4-1)15-16-21-13-7-8-14-22(21)18-23-17-20-11-5-2-6-12-20/h1-16,18H/b16-15+. The molecule has 0 aromatic heterocycles. The maximum atomic E-state index is 4.32. The van der Waals surface area contributed by atoms with Gasteiger partial charge in [-0.05, 0) is 11.1 Å². The van der Waals surface area contributed by atoms with Gasteiger partial charge in [-0.3, -0.25) is 0 Å². The summed E-state index contributed by atoms with van der Waals surface area (Å²) in [6, 6.07) is 28.4. The van der Waals surface area contributed by atoms with E-state index in [4.69, 9.17) is 0 Å². The first kappa shape index (κ1) is 14.8. The molecule has 0 aliphatic rings. The minimum Gasteiger partial charge on any atom is -0.187 e. The summed E-state index contributed by atoms with van der Waals surface area (Å²) in [6.45, 7) is 0. The zero-order valence-corrected chi connectivity index (χ0v) is 12.8. The Kier molecular flexibility index (Phi) is 4.97. The molecule has 23 heavy (non-hydrogen) atoms. The van der Waals surface area contributed by atoms with E-state index in [9.17, 15) is 0 Å². The van der Waals surface area contributed by atoms with Gasteiger partial charge in [0.2, 0.25) is 6.21 Å². The highest BCUT2D eigenvalue weighted by atomic mass is 14.5. The van der Waals surface area contributed by atoms with E-state index in [0.29, 0.717) is 0 Å². The van der Waals surface area contributed by atoms with Crippen molar-refractivity contribution in [3.63, 3.8) is 0 Å². The third-order valence-electron chi connectivity index (χ3n) is 3.42. The minimum absolute atomic E-state index is 0.973. The van der Waals surface area contributed by atoms with Gasteiger partial charge in [-0.1, -0.05) is 78.4 Å². The van der Waals surface area contributed by atoms with Crippen molar-refractivity contribution >= 4 is 24.6 Å². The molecule has 3 aromatic rings. The van der Waals surface area contributed by atoms with Crippen LogP contribution in [-0.4, -0.2) is 12.4 Å². The predicted molar refractivity (Wildman–Crippen MR) is 99.7 cm³/mol. The highest BCUT2D eigenvalue weighted by Crippen LogP contribution is 2.11. The molecule has 0 fully saturated rings. The smallest absolute Gasteiger partial charge is 0.187 e. The summed E-state index contributed by atoms with van der Waals surface area (Å²) >= 11 is 0. The molecule has 0 aliphatic heterocycles. The van der Waals surface area contributed by atoms with Gasteiger partial charge in [0.05, 0.1) is 0 Å². The maximum absolute atomic E-state index is 4.32. The van der Waals surface area contributed by atoms with Crippen LogP contribution in [0.25, 0.3) is 12.2 Å². The average molecular weight is 295 g/mol. The lowest BCUT2D eigenvalue weighted by molar-refractivity contribution is 1.58. The summed E-state index contributed by atoms with van der Waals surface area (Å²) in [5.74, 6) is 0. The van der Waals surface area contributed by atoms with Gasteiger partial charge in [-0.2, -0.15) is 4.67 Å². The monoisotopic (exact) mass is 295 g/mol. The third-order valence-corrected chi connectivity index (χ3v) is 3.42. The third kappa shape index (κ3) is 4.41. The van der Waals surface area contributed by atoms with E-state index in [-0.39, 0.29) is 0 Å². The van der Waals surface area contributed by atoms with Gasteiger partial charge in [-0.25, -0.2) is 0 Å². The molecule has 0 heterocycles. The first-order valence-electron chi connectivity index (χ1n) is 7.58. The summed E-state index contributed by atoms with van der Waals surface area (Å²) in [6.07, 6.45) is 9.10. The quantitative estimate of drug-likeness (QED) is 0.294. The van der Waals surface area contributed by atoms with Gasteiger partial charge in [0.1, 0.15) is 0 Å². The zero-order chi connectivity index (χ0) is 15.7. The Balaban J connectivity index is 1.84. The molecule has 3 aromatic carbocycles. The molecule has 110 valence electrons. The molecule has 0 radical (unpaired) electrons. The first-order chi connectivity index (χ1) is 11.4. The molecule has 0 spiro atoms. The SMILES string of the molecule is [C-](=[N+]=Cc1ccccc1/C=C/c1ccccc1)c1ccccc1. The number of nitrogens with zero attached hydrogens (tertiary/aromatic N) is 1. The van der Waals surface area contributed by atoms with E-state index in [2.05, 4.69) is 47.3 Å². The van der Waals surface area contributed by atoms with Crippen molar-refractivity contribution in [3.8, 4) is 0 Å². The van der Waals surface area contributed by atoms with Crippen molar-refractivity contribution in [2.45, 2.75) is 0 Å². The number of benzene rings is 3. The van der Waals surface area contributed by atoms with E-state index in [1.165, 1.54) is 5.56 Å². The average Bonchev–Trinajstić information content (AvgIpc) is 2.63. The van der Waals surface area contributed by atoms with E-state index < -0.39 is 0 Å². The summed E-state index contributed by atoms with van der Waals surface area (Å²) < 4.78 is 4.32. The van der Waals surface area contributed by atoms with Crippen LogP contribution >= 0.6 is 0 Å². The molecule has 0 atom stereocenters. The number of hydrogen-bond donors (Lipinski definition) is 0. The molecule has 0 saturated carbocycles. The molecule has 0 aliphatic carbocycles. The lowest BCUT2D eigenvalue weighted by atomic mass is 10.1. The highest BCUT2D eigenvalue weighted by Gasteiger charge is 1.97. The molecule has 0 N–H and O–H groups in total. The molecule has 1 heteroatoms. The molecule has 0 bridgehead atoms. The fourth-order valence-electron chi connectivity index (χ4n) is 2.22. The second-order valence-electron chi connectivity index (χ2n) is 5.11. The number of rotatable bonds is 4. The first-order valence-corrected chi connectivity index (χ1v) is 7.58. The fraction of sp³-hybridized carbons (Fsp3) is 0. The van der Waals surface area contributed by atoms with E-state index in [1.54, 1.807) is 0 Å². The Hall–Kier alpha value is -3.15. The molecule has 3 rings (SSSR count). The van der Waals surface area contributed by atoms with Crippen LogP contribution < -0.4 is 4.67 Å². The fourth-order valence-corrected chi connectivity index (χ4v) is 2.22. The van der Waals surface area contributed by atoms with Crippen LogP contribution in [0.15, 0.2) is 84.9 Å². The Morgan fingerprint density at radius 2 is 1.22 bits per heavy atom. The Labute approximate surface area is 137 Å². The van der Waals surface area contributed by atoms with E-state index >= 15 is 0 Å². The molecule has 1 nitrogen and oxygen atoms in total. The lowest BCUT2D eigenvalue weighted by Gasteiger charge is -1.97. The van der Waals surface area contributed by atoms with Gasteiger partial charge in [0.15, 0.2) is 0 Å². The van der Waals surface area contributed by atoms with Gasteiger partial charge < -0.3 is 0 Å². The van der Waals surface area contributed by atoms with Gasteiger partial charge in [0.25, 0.3) is 6.21 Å². The summed E-state index contributed by atoms with van der Waals surface area (Å²) in [5, 5.41) is 0. The van der Waals surface area contributed by atoms with Crippen molar-refractivity contribution in [2.75, 3.05) is 0 Å². The van der Waals surface area contributed by atoms with Crippen molar-refractivity contribution < 1.29 is 0 Å². The second kappa shape index (κ2) is 7.74. The molecular formula is C22H17N. The highest BCUT2D eigenvalue weighted by molar-refractivity contribution is 5.90. The van der Waals surface area contributed by atoms with Crippen LogP contribution in [0.3, 0.4) is 0 Å². The Morgan fingerprint density at radius 3 is 1.96 bits per heavy atom. The van der Waals surface area contributed by atoms with E-state index in [0.717, 1.165) is 16.7 Å². The summed E-state index contributed by atoms with van der Waals surface area (Å²) in [7, 11) is 0. The van der Waals surface area contributed by atoms with E-state index in [1.807, 2.05) is 66.9 Å². The number of hydrogen-bond acceptors (Lipinski definition) is 0. The van der Waals surface area contributed by atoms with Crippen LogP contribution in [0, 0.1) is 0 Å². The minimum atomic E-state index is 0.973. The largest absolute Gasteiger partial charge is 0.290 e. The normalized spacial score (nSPS) is 10.3. The van der Waals surface area contributed by atoms with Gasteiger partial charge in [-0.15, -0.1) is 24.3 Å². The Morgan fingerprint density at radius 1 is 0.609 bits per heavy atom. The van der Waals surface area contributed by atoms with Gasteiger partial charge >= 0.3 is 0 Å². The maximum Gasteiger partial charge on any atom is 0.290 e. The summed E-state index contributed by atoms with van der Waals surface area (Å²) in [4.78, 5) is 0. The molecular weight excluding hydrogens is 278 g/mol. The van der Waals surface area contributed by atoms with Crippen molar-refractivity contribution in [1.29, 1.82) is 0 Å². The van der Waals surface area contributed by atoms with Crippen LogP contribution in [0.1, 0.15) is 22.3 Å². The van der Waals surface area contributed by atoms with Crippen molar-refractivity contribution in [2.24, 2.45) is 0 Å². The van der Waals surface area contributed by atoms with Crippen LogP contribution in [-0.2, 0) is 0 Å². The molecule has 0 unspecified atom stereocenters. The summed E-state index contributed by atoms with van der Waals surface area (Å²) in [5.41, 5.74) is 4.36. The van der Waals surface area contributed by atoms with Gasteiger partial charge in [0, 0.05) is 5.56 Å². The van der Waals surface area contributed by atoms with Crippen LogP contribution in [0.4, 0.5) is 0 Å².